The number of benzene rings is 2. The molecule has 22 heavy (non-hydrogen) atoms. The van der Waals surface area contributed by atoms with E-state index in [0.717, 1.165) is 11.4 Å². The highest BCUT2D eigenvalue weighted by molar-refractivity contribution is 5.69. The first-order valence-electron chi connectivity index (χ1n) is 7.51. The fourth-order valence-corrected chi connectivity index (χ4v) is 2.99. The number of hydrogen-bond donors (Lipinski definition) is 0. The third-order valence-corrected chi connectivity index (χ3v) is 4.33. The number of para-hydroxylation sites is 1. The molecule has 0 N–H and O–H groups in total. The van der Waals surface area contributed by atoms with Gasteiger partial charge in [0, 0.05) is 23.8 Å². The molecule has 0 unspecified atom stereocenters. The van der Waals surface area contributed by atoms with E-state index in [1.165, 1.54) is 16.8 Å². The summed E-state index contributed by atoms with van der Waals surface area (Å²) in [6.45, 7) is 6.52. The number of azo groups is 1. The van der Waals surface area contributed by atoms with E-state index in [-0.39, 0.29) is 5.41 Å². The summed E-state index contributed by atoms with van der Waals surface area (Å²) in [5, 5.41) is 8.60. The van der Waals surface area contributed by atoms with Crippen LogP contribution >= 0.6 is 0 Å². The highest BCUT2D eigenvalue weighted by Crippen LogP contribution is 2.46. The fourth-order valence-electron chi connectivity index (χ4n) is 2.99. The maximum atomic E-state index is 4.30. The van der Waals surface area contributed by atoms with Gasteiger partial charge in [-0.05, 0) is 30.7 Å². The molecular formula is C19H21N3. The third-order valence-electron chi connectivity index (χ3n) is 4.33. The molecule has 0 radical (unpaired) electrons. The average Bonchev–Trinajstić information content (AvgIpc) is 2.70. The molecule has 0 aliphatic carbocycles. The number of hydrogen-bond acceptors (Lipinski definition) is 3. The topological polar surface area (TPSA) is 28.0 Å². The minimum absolute atomic E-state index is 0.0579. The summed E-state index contributed by atoms with van der Waals surface area (Å²) in [6.07, 6.45) is 1.87. The zero-order valence-corrected chi connectivity index (χ0v) is 13.5. The maximum absolute atomic E-state index is 4.30. The van der Waals surface area contributed by atoms with Gasteiger partial charge in [-0.1, -0.05) is 49.7 Å². The van der Waals surface area contributed by atoms with Crippen molar-refractivity contribution in [2.24, 2.45) is 10.2 Å². The van der Waals surface area contributed by atoms with Crippen molar-refractivity contribution in [1.82, 2.24) is 0 Å². The van der Waals surface area contributed by atoms with Crippen LogP contribution in [0.5, 0.6) is 0 Å². The molecule has 3 nitrogen and oxygen atoms in total. The van der Waals surface area contributed by atoms with Crippen molar-refractivity contribution >= 4 is 11.4 Å². The molecule has 0 aromatic heterocycles. The van der Waals surface area contributed by atoms with Crippen LogP contribution in [0.1, 0.15) is 25.0 Å². The third kappa shape index (κ3) is 2.43. The summed E-state index contributed by atoms with van der Waals surface area (Å²) in [7, 11) is 2.08. The number of nitrogens with zero attached hydrogens (tertiary/aromatic N) is 3. The lowest BCUT2D eigenvalue weighted by Gasteiger charge is -2.22. The van der Waals surface area contributed by atoms with E-state index in [9.17, 15) is 0 Å². The quantitative estimate of drug-likeness (QED) is 0.686. The van der Waals surface area contributed by atoms with Gasteiger partial charge in [-0.15, -0.1) is 0 Å². The van der Waals surface area contributed by atoms with E-state index in [0.29, 0.717) is 0 Å². The number of fused-ring (bicyclic) bond motifs is 1. The van der Waals surface area contributed by atoms with Crippen LogP contribution in [-0.4, -0.2) is 7.05 Å². The molecule has 0 spiro atoms. The molecule has 0 amide bonds. The summed E-state index contributed by atoms with van der Waals surface area (Å²) < 4.78 is 0. The van der Waals surface area contributed by atoms with Gasteiger partial charge in [0.2, 0.25) is 0 Å². The number of aryl methyl sites for hydroxylation is 1. The van der Waals surface area contributed by atoms with Gasteiger partial charge in [-0.3, -0.25) is 0 Å². The molecule has 1 aliphatic heterocycles. The summed E-state index contributed by atoms with van der Waals surface area (Å²) in [6, 6.07) is 16.5. The standard InChI is InChI=1S/C19H21N3/c1-14-9-11-15(12-10-14)21-20-13-18-19(2,3)16-7-5-6-8-17(16)22(18)4/h5-13H,1-4H3. The molecule has 112 valence electrons. The van der Waals surface area contributed by atoms with Crippen LogP contribution in [0.2, 0.25) is 0 Å². The van der Waals surface area contributed by atoms with E-state index >= 15 is 0 Å². The van der Waals surface area contributed by atoms with Crippen molar-refractivity contribution in [3.05, 3.63) is 71.6 Å². The van der Waals surface area contributed by atoms with E-state index < -0.39 is 0 Å². The zero-order valence-electron chi connectivity index (χ0n) is 13.5. The highest BCUT2D eigenvalue weighted by Gasteiger charge is 2.38. The lowest BCUT2D eigenvalue weighted by molar-refractivity contribution is 0.637. The molecule has 3 rings (SSSR count). The van der Waals surface area contributed by atoms with Crippen LogP contribution in [0.4, 0.5) is 11.4 Å². The first kappa shape index (κ1) is 14.5. The lowest BCUT2D eigenvalue weighted by Crippen LogP contribution is -2.22. The second-order valence-electron chi connectivity index (χ2n) is 6.27. The minimum Gasteiger partial charge on any atom is -0.346 e. The van der Waals surface area contributed by atoms with Gasteiger partial charge >= 0.3 is 0 Å². The molecule has 2 aromatic rings. The Morgan fingerprint density at radius 3 is 2.36 bits per heavy atom. The van der Waals surface area contributed by atoms with Crippen LogP contribution in [0.15, 0.2) is 70.7 Å². The van der Waals surface area contributed by atoms with Crippen LogP contribution in [0, 0.1) is 6.92 Å². The van der Waals surface area contributed by atoms with Crippen LogP contribution in [-0.2, 0) is 5.41 Å². The van der Waals surface area contributed by atoms with Gasteiger partial charge in [-0.2, -0.15) is 10.2 Å². The van der Waals surface area contributed by atoms with Gasteiger partial charge < -0.3 is 4.90 Å². The molecule has 0 fully saturated rings. The van der Waals surface area contributed by atoms with Crippen molar-refractivity contribution in [2.75, 3.05) is 11.9 Å². The first-order chi connectivity index (χ1) is 10.5. The van der Waals surface area contributed by atoms with Gasteiger partial charge in [0.25, 0.3) is 0 Å². The molecule has 1 heterocycles. The van der Waals surface area contributed by atoms with Crippen molar-refractivity contribution in [1.29, 1.82) is 0 Å². The summed E-state index contributed by atoms with van der Waals surface area (Å²) >= 11 is 0. The van der Waals surface area contributed by atoms with Crippen molar-refractivity contribution in [3.8, 4) is 0 Å². The van der Waals surface area contributed by atoms with Crippen molar-refractivity contribution in [3.63, 3.8) is 0 Å². The molecule has 3 heteroatoms. The summed E-state index contributed by atoms with van der Waals surface area (Å²) in [4.78, 5) is 2.20. The van der Waals surface area contributed by atoms with E-state index in [4.69, 9.17) is 0 Å². The normalized spacial score (nSPS) is 18.2. The fraction of sp³-hybridized carbons (Fsp3) is 0.263. The zero-order chi connectivity index (χ0) is 15.7. The average molecular weight is 291 g/mol. The Morgan fingerprint density at radius 1 is 1.00 bits per heavy atom. The monoisotopic (exact) mass is 291 g/mol. The lowest BCUT2D eigenvalue weighted by atomic mass is 9.84. The SMILES string of the molecule is Cc1ccc(N=NC=C2N(C)c3ccccc3C2(C)C)cc1. The van der Waals surface area contributed by atoms with Gasteiger partial charge in [0.05, 0.1) is 11.9 Å². The minimum atomic E-state index is -0.0579. The first-order valence-corrected chi connectivity index (χ1v) is 7.51. The number of rotatable bonds is 2. The highest BCUT2D eigenvalue weighted by atomic mass is 15.2. The van der Waals surface area contributed by atoms with Crippen LogP contribution < -0.4 is 4.90 Å². The maximum Gasteiger partial charge on any atom is 0.0857 e. The second-order valence-corrected chi connectivity index (χ2v) is 6.27. The van der Waals surface area contributed by atoms with Crippen LogP contribution in [0.3, 0.4) is 0 Å². The molecular weight excluding hydrogens is 270 g/mol. The largest absolute Gasteiger partial charge is 0.346 e. The second kappa shape index (κ2) is 5.41. The van der Waals surface area contributed by atoms with Crippen molar-refractivity contribution in [2.45, 2.75) is 26.2 Å². The van der Waals surface area contributed by atoms with Gasteiger partial charge in [-0.25, -0.2) is 0 Å². The predicted octanol–water partition coefficient (Wildman–Crippen LogP) is 5.35. The Bertz CT molecular complexity index is 740. The number of anilines is 1. The Balaban J connectivity index is 1.90. The predicted molar refractivity (Wildman–Crippen MR) is 91.6 cm³/mol. The number of allylic oxidation sites excluding steroid dienone is 1. The van der Waals surface area contributed by atoms with Gasteiger partial charge in [0.1, 0.15) is 0 Å². The Morgan fingerprint density at radius 2 is 1.68 bits per heavy atom. The van der Waals surface area contributed by atoms with E-state index in [1.807, 2.05) is 30.5 Å². The Kier molecular flexibility index (Phi) is 3.57. The van der Waals surface area contributed by atoms with Crippen molar-refractivity contribution < 1.29 is 0 Å². The molecule has 0 saturated carbocycles. The number of likely N-dealkylation sites (N-methyl/N-ethyl adjacent to an activating group) is 1. The molecule has 0 bridgehead atoms. The summed E-state index contributed by atoms with van der Waals surface area (Å²) in [5.74, 6) is 0. The smallest absolute Gasteiger partial charge is 0.0857 e. The Hall–Kier alpha value is -2.42. The van der Waals surface area contributed by atoms with E-state index in [2.05, 4.69) is 67.2 Å². The molecule has 0 atom stereocenters. The molecule has 0 saturated heterocycles. The van der Waals surface area contributed by atoms with Gasteiger partial charge in [0.15, 0.2) is 0 Å². The van der Waals surface area contributed by atoms with E-state index in [1.54, 1.807) is 0 Å². The molecule has 2 aromatic carbocycles. The Labute approximate surface area is 132 Å². The van der Waals surface area contributed by atoms with Crippen LogP contribution in [0.25, 0.3) is 0 Å². The summed E-state index contributed by atoms with van der Waals surface area (Å²) in [5.41, 5.74) is 5.77. The molecule has 1 aliphatic rings.